The maximum absolute atomic E-state index is 12.3. The Balaban J connectivity index is 2.00. The number of benzene rings is 2. The summed E-state index contributed by atoms with van der Waals surface area (Å²) in [5.41, 5.74) is 2.92. The lowest BCUT2D eigenvalue weighted by molar-refractivity contribution is -0.115. The molecule has 0 aliphatic rings. The van der Waals surface area contributed by atoms with Gasteiger partial charge in [0, 0.05) is 6.07 Å². The lowest BCUT2D eigenvalue weighted by Gasteiger charge is -2.12. The van der Waals surface area contributed by atoms with Crippen LogP contribution in [0.5, 0.6) is 11.5 Å². The topological polar surface area (TPSA) is 47.6 Å². The van der Waals surface area contributed by atoms with Crippen LogP contribution in [0.4, 0.5) is 5.69 Å². The summed E-state index contributed by atoms with van der Waals surface area (Å²) >= 11 is 0. The highest BCUT2D eigenvalue weighted by atomic mass is 16.5. The van der Waals surface area contributed by atoms with Gasteiger partial charge in [0.15, 0.2) is 0 Å². The van der Waals surface area contributed by atoms with Crippen molar-refractivity contribution in [3.63, 3.8) is 0 Å². The number of hydrogen-bond donors (Lipinski definition) is 1. The monoisotopic (exact) mass is 327 g/mol. The Morgan fingerprint density at radius 1 is 1.00 bits per heavy atom. The lowest BCUT2D eigenvalue weighted by atomic mass is 10.0. The van der Waals surface area contributed by atoms with E-state index in [2.05, 4.69) is 24.4 Å². The Labute approximate surface area is 143 Å². The number of unbranched alkanes of at least 4 members (excludes halogenated alkanes) is 1. The fraction of sp³-hybridized carbons (Fsp3) is 0.350. The molecule has 0 heterocycles. The van der Waals surface area contributed by atoms with Crippen LogP contribution in [0.2, 0.25) is 0 Å². The van der Waals surface area contributed by atoms with E-state index in [1.165, 1.54) is 18.4 Å². The average Bonchev–Trinajstić information content (AvgIpc) is 2.61. The smallest absolute Gasteiger partial charge is 0.228 e. The molecule has 1 N–H and O–H groups in total. The molecule has 0 saturated heterocycles. The minimum atomic E-state index is -0.0807. The first-order valence-corrected chi connectivity index (χ1v) is 8.26. The summed E-state index contributed by atoms with van der Waals surface area (Å²) < 4.78 is 10.5. The Morgan fingerprint density at radius 2 is 1.71 bits per heavy atom. The summed E-state index contributed by atoms with van der Waals surface area (Å²) in [6, 6.07) is 13.6. The van der Waals surface area contributed by atoms with Crippen LogP contribution in [0.15, 0.2) is 42.5 Å². The molecule has 0 unspecified atom stereocenters. The van der Waals surface area contributed by atoms with Crippen molar-refractivity contribution >= 4 is 11.6 Å². The van der Waals surface area contributed by atoms with E-state index in [4.69, 9.17) is 9.47 Å². The fourth-order valence-corrected chi connectivity index (χ4v) is 2.50. The van der Waals surface area contributed by atoms with Crippen molar-refractivity contribution < 1.29 is 14.3 Å². The third kappa shape index (κ3) is 5.01. The van der Waals surface area contributed by atoms with Gasteiger partial charge in [0.25, 0.3) is 0 Å². The van der Waals surface area contributed by atoms with Crippen LogP contribution in [0.25, 0.3) is 0 Å². The SMILES string of the molecule is CCCCc1ccc(CC(=O)Nc2cc(OC)ccc2OC)cc1. The average molecular weight is 327 g/mol. The molecule has 2 rings (SSSR count). The van der Waals surface area contributed by atoms with Gasteiger partial charge in [0.1, 0.15) is 11.5 Å². The third-order valence-electron chi connectivity index (χ3n) is 3.89. The van der Waals surface area contributed by atoms with Gasteiger partial charge in [-0.25, -0.2) is 0 Å². The first-order chi connectivity index (χ1) is 11.7. The molecule has 2 aromatic rings. The number of aryl methyl sites for hydroxylation is 1. The summed E-state index contributed by atoms with van der Waals surface area (Å²) in [6.45, 7) is 2.19. The maximum Gasteiger partial charge on any atom is 0.228 e. The van der Waals surface area contributed by atoms with Gasteiger partial charge in [-0.05, 0) is 36.1 Å². The summed E-state index contributed by atoms with van der Waals surface area (Å²) in [7, 11) is 3.17. The molecular formula is C20H25NO3. The van der Waals surface area contributed by atoms with E-state index < -0.39 is 0 Å². The number of methoxy groups -OCH3 is 2. The summed E-state index contributed by atoms with van der Waals surface area (Å²) in [4.78, 5) is 12.3. The van der Waals surface area contributed by atoms with Gasteiger partial charge in [-0.2, -0.15) is 0 Å². The molecule has 0 saturated carbocycles. The van der Waals surface area contributed by atoms with Crippen LogP contribution in [0, 0.1) is 0 Å². The van der Waals surface area contributed by atoms with E-state index >= 15 is 0 Å². The second-order valence-corrected chi connectivity index (χ2v) is 5.71. The normalized spacial score (nSPS) is 10.3. The van der Waals surface area contributed by atoms with Crippen molar-refractivity contribution in [1.29, 1.82) is 0 Å². The van der Waals surface area contributed by atoms with E-state index in [0.29, 0.717) is 23.6 Å². The van der Waals surface area contributed by atoms with Gasteiger partial charge in [-0.15, -0.1) is 0 Å². The number of anilines is 1. The highest BCUT2D eigenvalue weighted by Gasteiger charge is 2.10. The van der Waals surface area contributed by atoms with Gasteiger partial charge < -0.3 is 14.8 Å². The van der Waals surface area contributed by atoms with Crippen LogP contribution >= 0.6 is 0 Å². The van der Waals surface area contributed by atoms with E-state index in [0.717, 1.165) is 12.0 Å². The number of ether oxygens (including phenoxy) is 2. The largest absolute Gasteiger partial charge is 0.497 e. The maximum atomic E-state index is 12.3. The van der Waals surface area contributed by atoms with Crippen LogP contribution < -0.4 is 14.8 Å². The number of amides is 1. The molecule has 4 nitrogen and oxygen atoms in total. The zero-order valence-corrected chi connectivity index (χ0v) is 14.6. The first-order valence-electron chi connectivity index (χ1n) is 8.26. The first kappa shape index (κ1) is 17.9. The Hall–Kier alpha value is -2.49. The van der Waals surface area contributed by atoms with E-state index in [-0.39, 0.29) is 5.91 Å². The van der Waals surface area contributed by atoms with Gasteiger partial charge in [-0.1, -0.05) is 37.6 Å². The quantitative estimate of drug-likeness (QED) is 0.789. The zero-order chi connectivity index (χ0) is 17.4. The van der Waals surface area contributed by atoms with E-state index in [9.17, 15) is 4.79 Å². The third-order valence-corrected chi connectivity index (χ3v) is 3.89. The van der Waals surface area contributed by atoms with Crippen molar-refractivity contribution in [1.82, 2.24) is 0 Å². The molecule has 0 radical (unpaired) electrons. The molecule has 0 fully saturated rings. The van der Waals surface area contributed by atoms with Gasteiger partial charge in [-0.3, -0.25) is 4.79 Å². The van der Waals surface area contributed by atoms with Gasteiger partial charge in [0.2, 0.25) is 5.91 Å². The molecule has 24 heavy (non-hydrogen) atoms. The molecule has 0 aromatic heterocycles. The highest BCUT2D eigenvalue weighted by Crippen LogP contribution is 2.29. The highest BCUT2D eigenvalue weighted by molar-refractivity contribution is 5.94. The second kappa shape index (κ2) is 8.96. The molecule has 0 aliphatic carbocycles. The zero-order valence-electron chi connectivity index (χ0n) is 14.6. The molecule has 0 bridgehead atoms. The standard InChI is InChI=1S/C20H25NO3/c1-4-5-6-15-7-9-16(10-8-15)13-20(22)21-18-14-17(23-2)11-12-19(18)24-3/h7-12,14H,4-6,13H2,1-3H3,(H,21,22). The van der Waals surface area contributed by atoms with Crippen molar-refractivity contribution in [2.75, 3.05) is 19.5 Å². The molecule has 128 valence electrons. The second-order valence-electron chi connectivity index (χ2n) is 5.71. The number of rotatable bonds is 8. The van der Waals surface area contributed by atoms with Crippen LogP contribution in [-0.4, -0.2) is 20.1 Å². The number of carbonyl (C=O) groups excluding carboxylic acids is 1. The van der Waals surface area contributed by atoms with Crippen molar-refractivity contribution in [3.05, 3.63) is 53.6 Å². The van der Waals surface area contributed by atoms with Crippen molar-refractivity contribution in [2.45, 2.75) is 32.6 Å². The van der Waals surface area contributed by atoms with Crippen LogP contribution in [0.3, 0.4) is 0 Å². The van der Waals surface area contributed by atoms with E-state index in [1.54, 1.807) is 32.4 Å². The van der Waals surface area contributed by atoms with Gasteiger partial charge in [0.05, 0.1) is 26.3 Å². The molecule has 2 aromatic carbocycles. The van der Waals surface area contributed by atoms with Crippen LogP contribution in [-0.2, 0) is 17.6 Å². The molecule has 0 spiro atoms. The predicted molar refractivity (Wildman–Crippen MR) is 96.9 cm³/mol. The summed E-state index contributed by atoms with van der Waals surface area (Å²) in [5.74, 6) is 1.20. The number of hydrogen-bond acceptors (Lipinski definition) is 3. The number of nitrogens with one attached hydrogen (secondary N) is 1. The van der Waals surface area contributed by atoms with Crippen LogP contribution in [0.1, 0.15) is 30.9 Å². The fourth-order valence-electron chi connectivity index (χ4n) is 2.50. The Kier molecular flexibility index (Phi) is 6.67. The van der Waals surface area contributed by atoms with E-state index in [1.807, 2.05) is 12.1 Å². The Morgan fingerprint density at radius 3 is 2.33 bits per heavy atom. The molecular weight excluding hydrogens is 302 g/mol. The summed E-state index contributed by atoms with van der Waals surface area (Å²) in [5, 5.41) is 2.89. The van der Waals surface area contributed by atoms with Crippen molar-refractivity contribution in [3.8, 4) is 11.5 Å². The number of carbonyl (C=O) groups is 1. The van der Waals surface area contributed by atoms with Gasteiger partial charge >= 0.3 is 0 Å². The molecule has 0 aliphatic heterocycles. The summed E-state index contributed by atoms with van der Waals surface area (Å²) in [6.07, 6.45) is 3.79. The molecule has 4 heteroatoms. The minimum Gasteiger partial charge on any atom is -0.497 e. The lowest BCUT2D eigenvalue weighted by Crippen LogP contribution is -2.15. The van der Waals surface area contributed by atoms with Crippen molar-refractivity contribution in [2.24, 2.45) is 0 Å². The molecule has 1 amide bonds. The molecule has 0 atom stereocenters. The minimum absolute atomic E-state index is 0.0807. The predicted octanol–water partition coefficient (Wildman–Crippen LogP) is 4.23. The Bertz CT molecular complexity index is 665.